The topological polar surface area (TPSA) is 80.3 Å². The zero-order valence-corrected chi connectivity index (χ0v) is 18.0. The van der Waals surface area contributed by atoms with Crippen molar-refractivity contribution in [3.8, 4) is 0 Å². The molecule has 0 aromatic carbocycles. The number of carbonyl (C=O) groups excluding carboxylic acids is 4. The molecule has 0 saturated carbocycles. The van der Waals surface area contributed by atoms with Gasteiger partial charge in [0.2, 0.25) is 17.5 Å². The average Bonchev–Trinajstić information content (AvgIpc) is 2.93. The lowest BCUT2D eigenvalue weighted by molar-refractivity contribution is -0.142. The van der Waals surface area contributed by atoms with Gasteiger partial charge in [0.15, 0.2) is 5.78 Å². The minimum Gasteiger partial charge on any atom is -0.352 e. The lowest BCUT2D eigenvalue weighted by Gasteiger charge is -2.44. The van der Waals surface area contributed by atoms with E-state index < -0.39 is 17.0 Å². The zero-order valence-electron chi connectivity index (χ0n) is 18.0. The number of amides is 1. The third-order valence-electron chi connectivity index (χ3n) is 6.88. The van der Waals surface area contributed by atoms with Crippen LogP contribution in [0.3, 0.4) is 0 Å². The van der Waals surface area contributed by atoms with Gasteiger partial charge in [0.1, 0.15) is 5.41 Å². The van der Waals surface area contributed by atoms with E-state index in [1.165, 1.54) is 11.6 Å². The molecule has 2 aliphatic carbocycles. The summed E-state index contributed by atoms with van der Waals surface area (Å²) in [4.78, 5) is 51.2. The number of hydrogen-bond donors (Lipinski definition) is 1. The van der Waals surface area contributed by atoms with Gasteiger partial charge in [0.25, 0.3) is 0 Å². The molecule has 1 spiro atoms. The van der Waals surface area contributed by atoms with Gasteiger partial charge in [-0.15, -0.1) is 0 Å². The molecule has 3 rings (SSSR count). The number of carbonyl (C=O) groups is 4. The standard InChI is InChI=1S/C24H31NO4/c1-13(2)10-18-22-16(5)15(4)12-17-11-14(3)6-7-19(26)20(27)8-9-21(28)24(17,22)23(29)25-18/h8-9,11-13,16-18,22H,6-7,10H2,1-5H3,(H,25,29)/b9-8+,14-11?/t16-,17?,18+,22+,24-/m1/s1. The Labute approximate surface area is 172 Å². The van der Waals surface area contributed by atoms with Crippen molar-refractivity contribution in [2.45, 2.75) is 59.9 Å². The second kappa shape index (κ2) is 7.85. The molecule has 1 heterocycles. The van der Waals surface area contributed by atoms with Crippen molar-refractivity contribution in [3.63, 3.8) is 0 Å². The molecule has 1 amide bonds. The van der Waals surface area contributed by atoms with Crippen molar-refractivity contribution in [2.75, 3.05) is 0 Å². The number of rotatable bonds is 2. The van der Waals surface area contributed by atoms with E-state index in [2.05, 4.69) is 33.0 Å². The fourth-order valence-corrected chi connectivity index (χ4v) is 5.35. The Hall–Kier alpha value is -2.30. The summed E-state index contributed by atoms with van der Waals surface area (Å²) in [5.74, 6) is -1.97. The summed E-state index contributed by atoms with van der Waals surface area (Å²) in [5.41, 5.74) is 0.815. The zero-order chi connectivity index (χ0) is 21.5. The van der Waals surface area contributed by atoms with Crippen molar-refractivity contribution < 1.29 is 19.2 Å². The molecule has 5 nitrogen and oxygen atoms in total. The molecule has 0 aromatic rings. The van der Waals surface area contributed by atoms with E-state index in [1.54, 1.807) is 0 Å². The Bertz CT molecular complexity index is 847. The SMILES string of the molecule is CC1=CC2C=C(C)[C@@H](C)[C@H]3[C@H](CC(C)C)NC(=O)[C@@]23C(=O)/C=C/C(=O)C(=O)CC1. The van der Waals surface area contributed by atoms with Gasteiger partial charge in [-0.3, -0.25) is 19.2 Å². The molecule has 29 heavy (non-hydrogen) atoms. The summed E-state index contributed by atoms with van der Waals surface area (Å²) in [6.07, 6.45) is 7.59. The normalized spacial score (nSPS) is 36.6. The van der Waals surface area contributed by atoms with Gasteiger partial charge in [-0.05, 0) is 50.7 Å². The van der Waals surface area contributed by atoms with Crippen LogP contribution in [0.4, 0.5) is 0 Å². The highest BCUT2D eigenvalue weighted by Crippen LogP contribution is 2.55. The molecule has 1 unspecified atom stereocenters. The van der Waals surface area contributed by atoms with Crippen LogP contribution in [0.1, 0.15) is 53.9 Å². The Morgan fingerprint density at radius 3 is 2.41 bits per heavy atom. The van der Waals surface area contributed by atoms with Crippen LogP contribution in [0.2, 0.25) is 0 Å². The minimum absolute atomic E-state index is 0.0578. The van der Waals surface area contributed by atoms with Gasteiger partial charge < -0.3 is 5.32 Å². The molecular formula is C24H31NO4. The second-order valence-corrected chi connectivity index (χ2v) is 9.33. The van der Waals surface area contributed by atoms with Crippen LogP contribution in [0, 0.1) is 29.1 Å². The molecule has 156 valence electrons. The molecule has 1 saturated heterocycles. The summed E-state index contributed by atoms with van der Waals surface area (Å²) in [6, 6.07) is -0.0998. The fraction of sp³-hybridized carbons (Fsp3) is 0.583. The van der Waals surface area contributed by atoms with Gasteiger partial charge in [-0.2, -0.15) is 0 Å². The van der Waals surface area contributed by atoms with Gasteiger partial charge in [0.05, 0.1) is 0 Å². The van der Waals surface area contributed by atoms with Crippen LogP contribution < -0.4 is 5.32 Å². The predicted molar refractivity (Wildman–Crippen MR) is 111 cm³/mol. The molecule has 1 N–H and O–H groups in total. The van der Waals surface area contributed by atoms with E-state index in [-0.39, 0.29) is 41.9 Å². The van der Waals surface area contributed by atoms with Crippen LogP contribution in [-0.2, 0) is 19.2 Å². The minimum atomic E-state index is -1.27. The average molecular weight is 398 g/mol. The molecule has 0 bridgehead atoms. The summed E-state index contributed by atoms with van der Waals surface area (Å²) in [5, 5.41) is 3.13. The molecule has 5 atom stereocenters. The highest BCUT2D eigenvalue weighted by Gasteiger charge is 2.64. The first kappa shape index (κ1) is 21.4. The van der Waals surface area contributed by atoms with Gasteiger partial charge in [0, 0.05) is 24.3 Å². The molecule has 1 aliphatic heterocycles. The highest BCUT2D eigenvalue weighted by molar-refractivity contribution is 6.42. The Balaban J connectivity index is 2.23. The third kappa shape index (κ3) is 3.56. The molecule has 5 heteroatoms. The van der Waals surface area contributed by atoms with E-state index in [1.807, 2.05) is 19.1 Å². The molecule has 3 aliphatic rings. The lowest BCUT2D eigenvalue weighted by atomic mass is 9.55. The molecular weight excluding hydrogens is 366 g/mol. The summed E-state index contributed by atoms with van der Waals surface area (Å²) < 4.78 is 0. The van der Waals surface area contributed by atoms with Crippen molar-refractivity contribution in [3.05, 3.63) is 35.5 Å². The maximum atomic E-state index is 13.6. The van der Waals surface area contributed by atoms with Crippen LogP contribution in [0.5, 0.6) is 0 Å². The second-order valence-electron chi connectivity index (χ2n) is 9.33. The Kier molecular flexibility index (Phi) is 5.79. The van der Waals surface area contributed by atoms with Crippen LogP contribution in [0.15, 0.2) is 35.5 Å². The van der Waals surface area contributed by atoms with Crippen LogP contribution in [0.25, 0.3) is 0 Å². The Morgan fingerprint density at radius 2 is 1.76 bits per heavy atom. The predicted octanol–water partition coefficient (Wildman–Crippen LogP) is 3.35. The lowest BCUT2D eigenvalue weighted by Crippen LogP contribution is -2.51. The quantitative estimate of drug-likeness (QED) is 0.440. The van der Waals surface area contributed by atoms with E-state index in [0.717, 1.165) is 18.1 Å². The third-order valence-corrected chi connectivity index (χ3v) is 6.88. The van der Waals surface area contributed by atoms with Crippen molar-refractivity contribution in [2.24, 2.45) is 29.1 Å². The fourth-order valence-electron chi connectivity index (χ4n) is 5.35. The number of Topliss-reactive ketones (excluding diaryl/α,β-unsaturated/α-hetero) is 1. The van der Waals surface area contributed by atoms with Crippen molar-refractivity contribution in [1.29, 1.82) is 0 Å². The molecule has 1 fully saturated rings. The molecule has 0 aromatic heterocycles. The van der Waals surface area contributed by atoms with E-state index >= 15 is 0 Å². The summed E-state index contributed by atoms with van der Waals surface area (Å²) in [7, 11) is 0. The number of hydrogen-bond acceptors (Lipinski definition) is 4. The van der Waals surface area contributed by atoms with Crippen LogP contribution >= 0.6 is 0 Å². The first-order chi connectivity index (χ1) is 13.6. The first-order valence-electron chi connectivity index (χ1n) is 10.5. The summed E-state index contributed by atoms with van der Waals surface area (Å²) in [6.45, 7) is 10.3. The first-order valence-corrected chi connectivity index (χ1v) is 10.5. The van der Waals surface area contributed by atoms with Gasteiger partial charge in [-0.1, -0.05) is 44.1 Å². The number of nitrogens with one attached hydrogen (secondary N) is 1. The maximum absolute atomic E-state index is 13.6. The smallest absolute Gasteiger partial charge is 0.235 e. The van der Waals surface area contributed by atoms with E-state index in [0.29, 0.717) is 12.3 Å². The number of ketones is 3. The molecule has 0 radical (unpaired) electrons. The highest BCUT2D eigenvalue weighted by atomic mass is 16.2. The van der Waals surface area contributed by atoms with Crippen molar-refractivity contribution >= 4 is 23.3 Å². The van der Waals surface area contributed by atoms with Gasteiger partial charge >= 0.3 is 0 Å². The maximum Gasteiger partial charge on any atom is 0.235 e. The summed E-state index contributed by atoms with van der Waals surface area (Å²) >= 11 is 0. The van der Waals surface area contributed by atoms with Gasteiger partial charge in [-0.25, -0.2) is 0 Å². The van der Waals surface area contributed by atoms with E-state index in [9.17, 15) is 19.2 Å². The monoisotopic (exact) mass is 397 g/mol. The Morgan fingerprint density at radius 1 is 1.07 bits per heavy atom. The largest absolute Gasteiger partial charge is 0.352 e. The number of allylic oxidation sites excluding steroid dienone is 6. The van der Waals surface area contributed by atoms with Crippen molar-refractivity contribution in [1.82, 2.24) is 5.32 Å². The van der Waals surface area contributed by atoms with E-state index in [4.69, 9.17) is 0 Å². The van der Waals surface area contributed by atoms with Crippen LogP contribution in [-0.4, -0.2) is 29.3 Å².